The lowest BCUT2D eigenvalue weighted by Crippen LogP contribution is -2.26. The van der Waals surface area contributed by atoms with Crippen molar-refractivity contribution in [2.45, 2.75) is 25.8 Å². The second-order valence-corrected chi connectivity index (χ2v) is 4.68. The van der Waals surface area contributed by atoms with Crippen molar-refractivity contribution in [1.82, 2.24) is 9.78 Å². The molecule has 0 saturated heterocycles. The van der Waals surface area contributed by atoms with Gasteiger partial charge in [0.15, 0.2) is 0 Å². The van der Waals surface area contributed by atoms with Crippen molar-refractivity contribution in [2.24, 2.45) is 0 Å². The molecule has 0 bridgehead atoms. The van der Waals surface area contributed by atoms with Gasteiger partial charge in [-0.15, -0.1) is 0 Å². The zero-order chi connectivity index (χ0) is 13.4. The van der Waals surface area contributed by atoms with Crippen molar-refractivity contribution in [3.63, 3.8) is 0 Å². The van der Waals surface area contributed by atoms with Crippen molar-refractivity contribution in [1.29, 1.82) is 0 Å². The Morgan fingerprint density at radius 2 is 2.11 bits per heavy atom. The van der Waals surface area contributed by atoms with Crippen LogP contribution in [-0.2, 0) is 6.42 Å². The number of nitrogens with one attached hydrogen (secondary N) is 1. The quantitative estimate of drug-likeness (QED) is 0.902. The first-order chi connectivity index (χ1) is 9.22. The molecule has 5 heteroatoms. The summed E-state index contributed by atoms with van der Waals surface area (Å²) in [6, 6.07) is 3.60. The molecule has 0 radical (unpaired) electrons. The molecule has 1 aromatic heterocycles. The van der Waals surface area contributed by atoms with E-state index in [9.17, 15) is 8.78 Å². The number of halogens is 2. The van der Waals surface area contributed by atoms with Gasteiger partial charge in [-0.05, 0) is 25.0 Å². The first-order valence-corrected chi connectivity index (χ1v) is 6.46. The number of aromatic nitrogens is 2. The molecule has 100 valence electrons. The van der Waals surface area contributed by atoms with E-state index in [0.29, 0.717) is 13.0 Å². The Morgan fingerprint density at radius 3 is 2.79 bits per heavy atom. The molecule has 3 rings (SSSR count). The number of anilines is 1. The Bertz CT molecular complexity index is 586. The fourth-order valence-electron chi connectivity index (χ4n) is 2.63. The highest BCUT2D eigenvalue weighted by Crippen LogP contribution is 2.33. The summed E-state index contributed by atoms with van der Waals surface area (Å²) in [5.41, 5.74) is 1.18. The molecule has 19 heavy (non-hydrogen) atoms. The van der Waals surface area contributed by atoms with E-state index in [2.05, 4.69) is 10.4 Å². The number of rotatable bonds is 2. The highest BCUT2D eigenvalue weighted by molar-refractivity contribution is 5.47. The third kappa shape index (κ3) is 1.89. The van der Waals surface area contributed by atoms with Crippen LogP contribution in [0.15, 0.2) is 24.4 Å². The van der Waals surface area contributed by atoms with Crippen LogP contribution in [-0.4, -0.2) is 16.3 Å². The number of nitrogens with zero attached hydrogens (tertiary/aromatic N) is 2. The summed E-state index contributed by atoms with van der Waals surface area (Å²) in [5.74, 6) is -0.140. The lowest BCUT2D eigenvalue weighted by Gasteiger charge is -2.27. The smallest absolute Gasteiger partial charge is 0.131 e. The number of benzene rings is 1. The second-order valence-electron chi connectivity index (χ2n) is 4.68. The molecule has 1 aliphatic rings. The van der Waals surface area contributed by atoms with Crippen LogP contribution in [0.3, 0.4) is 0 Å². The molecule has 2 aromatic rings. The highest BCUT2D eigenvalue weighted by atomic mass is 19.1. The van der Waals surface area contributed by atoms with Gasteiger partial charge in [0.25, 0.3) is 0 Å². The van der Waals surface area contributed by atoms with Crippen LogP contribution in [0.1, 0.15) is 30.5 Å². The molecule has 2 heterocycles. The monoisotopic (exact) mass is 263 g/mol. The Hall–Kier alpha value is -1.91. The van der Waals surface area contributed by atoms with Gasteiger partial charge in [-0.1, -0.05) is 13.0 Å². The summed E-state index contributed by atoms with van der Waals surface area (Å²) < 4.78 is 29.5. The third-order valence-electron chi connectivity index (χ3n) is 3.59. The van der Waals surface area contributed by atoms with Crippen molar-refractivity contribution < 1.29 is 8.78 Å². The van der Waals surface area contributed by atoms with E-state index in [1.807, 2.05) is 6.92 Å². The molecule has 1 aliphatic heterocycles. The molecule has 1 aromatic carbocycles. The summed E-state index contributed by atoms with van der Waals surface area (Å²) in [5, 5.41) is 7.54. The van der Waals surface area contributed by atoms with Crippen LogP contribution < -0.4 is 5.32 Å². The normalized spacial score (nSPS) is 17.9. The van der Waals surface area contributed by atoms with Crippen LogP contribution >= 0.6 is 0 Å². The van der Waals surface area contributed by atoms with Crippen molar-refractivity contribution in [3.05, 3.63) is 47.2 Å². The number of hydrogen-bond donors (Lipinski definition) is 1. The van der Waals surface area contributed by atoms with E-state index in [0.717, 1.165) is 17.8 Å². The first kappa shape index (κ1) is 12.1. The molecule has 1 unspecified atom stereocenters. The van der Waals surface area contributed by atoms with E-state index < -0.39 is 11.6 Å². The van der Waals surface area contributed by atoms with Gasteiger partial charge in [0.2, 0.25) is 0 Å². The molecule has 3 nitrogen and oxygen atoms in total. The van der Waals surface area contributed by atoms with E-state index >= 15 is 0 Å². The lowest BCUT2D eigenvalue weighted by molar-refractivity contribution is 0.433. The summed E-state index contributed by atoms with van der Waals surface area (Å²) in [4.78, 5) is 0. The molecule has 0 amide bonds. The SMILES string of the molecule is CCc1cnn2c1NCCC2c1c(F)cccc1F. The third-order valence-corrected chi connectivity index (χ3v) is 3.59. The molecule has 0 spiro atoms. The first-order valence-electron chi connectivity index (χ1n) is 6.46. The van der Waals surface area contributed by atoms with E-state index in [4.69, 9.17) is 0 Å². The molecule has 0 saturated carbocycles. The van der Waals surface area contributed by atoms with Crippen LogP contribution in [0.2, 0.25) is 0 Å². The molecule has 0 fully saturated rings. The van der Waals surface area contributed by atoms with Crippen LogP contribution in [0.4, 0.5) is 14.6 Å². The predicted molar refractivity (Wildman–Crippen MR) is 69.2 cm³/mol. The standard InChI is InChI=1S/C14H15F2N3/c1-2-9-8-18-19-12(6-7-17-14(9)19)13-10(15)4-3-5-11(13)16/h3-5,8,12,17H,2,6-7H2,1H3. The highest BCUT2D eigenvalue weighted by Gasteiger charge is 2.28. The molecular weight excluding hydrogens is 248 g/mol. The van der Waals surface area contributed by atoms with Crippen molar-refractivity contribution in [3.8, 4) is 0 Å². The molecular formula is C14H15F2N3. The molecule has 1 atom stereocenters. The minimum Gasteiger partial charge on any atom is -0.370 e. The number of hydrogen-bond acceptors (Lipinski definition) is 2. The maximum absolute atomic E-state index is 13.9. The van der Waals surface area contributed by atoms with Crippen molar-refractivity contribution >= 4 is 5.82 Å². The van der Waals surface area contributed by atoms with Gasteiger partial charge in [0.05, 0.1) is 12.2 Å². The second kappa shape index (κ2) is 4.64. The van der Waals surface area contributed by atoms with Crippen LogP contribution in [0.25, 0.3) is 0 Å². The van der Waals surface area contributed by atoms with Gasteiger partial charge in [-0.2, -0.15) is 5.10 Å². The largest absolute Gasteiger partial charge is 0.370 e. The van der Waals surface area contributed by atoms with Gasteiger partial charge in [0.1, 0.15) is 17.5 Å². The minimum absolute atomic E-state index is 0.107. The van der Waals surface area contributed by atoms with Gasteiger partial charge >= 0.3 is 0 Å². The topological polar surface area (TPSA) is 29.9 Å². The zero-order valence-corrected chi connectivity index (χ0v) is 10.7. The maximum atomic E-state index is 13.9. The maximum Gasteiger partial charge on any atom is 0.131 e. The zero-order valence-electron chi connectivity index (χ0n) is 10.7. The Labute approximate surface area is 110 Å². The summed E-state index contributed by atoms with van der Waals surface area (Å²) in [6.45, 7) is 2.73. The van der Waals surface area contributed by atoms with Gasteiger partial charge in [0, 0.05) is 17.7 Å². The molecule has 1 N–H and O–H groups in total. The van der Waals surface area contributed by atoms with Crippen LogP contribution in [0, 0.1) is 11.6 Å². The fourth-order valence-corrected chi connectivity index (χ4v) is 2.63. The van der Waals surface area contributed by atoms with E-state index in [1.165, 1.54) is 18.2 Å². The average Bonchev–Trinajstić information content (AvgIpc) is 2.82. The lowest BCUT2D eigenvalue weighted by atomic mass is 10.0. The van der Waals surface area contributed by atoms with Crippen LogP contribution in [0.5, 0.6) is 0 Å². The van der Waals surface area contributed by atoms with Gasteiger partial charge < -0.3 is 5.32 Å². The van der Waals surface area contributed by atoms with Gasteiger partial charge in [-0.25, -0.2) is 13.5 Å². The summed E-state index contributed by atoms with van der Waals surface area (Å²) >= 11 is 0. The van der Waals surface area contributed by atoms with Gasteiger partial charge in [-0.3, -0.25) is 0 Å². The Kier molecular flexibility index (Phi) is 2.97. The molecule has 0 aliphatic carbocycles. The minimum atomic E-state index is -0.508. The Balaban J connectivity index is 2.11. The number of fused-ring (bicyclic) bond motifs is 1. The summed E-state index contributed by atoms with van der Waals surface area (Å²) in [7, 11) is 0. The van der Waals surface area contributed by atoms with Crippen molar-refractivity contribution in [2.75, 3.05) is 11.9 Å². The average molecular weight is 263 g/mol. The Morgan fingerprint density at radius 1 is 1.37 bits per heavy atom. The summed E-state index contributed by atoms with van der Waals surface area (Å²) in [6.07, 6.45) is 3.23. The van der Waals surface area contributed by atoms with E-state index in [-0.39, 0.29) is 11.6 Å². The number of aryl methyl sites for hydroxylation is 1. The fraction of sp³-hybridized carbons (Fsp3) is 0.357. The van der Waals surface area contributed by atoms with E-state index in [1.54, 1.807) is 10.9 Å². The predicted octanol–water partition coefficient (Wildman–Crippen LogP) is 3.13.